The summed E-state index contributed by atoms with van der Waals surface area (Å²) in [6, 6.07) is 3.72. The van der Waals surface area contributed by atoms with Crippen LogP contribution in [0.4, 0.5) is 5.82 Å². The van der Waals surface area contributed by atoms with Gasteiger partial charge in [0.15, 0.2) is 0 Å². The second-order valence-electron chi connectivity index (χ2n) is 6.27. The van der Waals surface area contributed by atoms with Crippen LogP contribution in [0, 0.1) is 0 Å². The number of hydrogen-bond acceptors (Lipinski definition) is 5. The fraction of sp³-hybridized carbons (Fsp3) is 0.529. The fourth-order valence-electron chi connectivity index (χ4n) is 2.74. The number of nitrogens with one attached hydrogen (secondary N) is 2. The molecule has 2 aromatic heterocycles. The van der Waals surface area contributed by atoms with Crippen molar-refractivity contribution in [1.82, 2.24) is 20.4 Å². The maximum absolute atomic E-state index is 11.9. The molecule has 2 N–H and O–H groups in total. The number of aromatic nitrogens is 2. The van der Waals surface area contributed by atoms with Crippen LogP contribution in [0.1, 0.15) is 40.7 Å². The quantitative estimate of drug-likeness (QED) is 0.717. The molecule has 132 valence electrons. The Hall–Kier alpha value is -1.86. The number of rotatable bonds is 8. The topological polar surface area (TPSA) is 62.2 Å². The van der Waals surface area contributed by atoms with Gasteiger partial charge in [0.05, 0.1) is 10.6 Å². The molecule has 24 heavy (non-hydrogen) atoms. The maximum Gasteiger partial charge on any atom is 0.261 e. The monoisotopic (exact) mass is 349 g/mol. The van der Waals surface area contributed by atoms with Gasteiger partial charge in [-0.15, -0.1) is 11.3 Å². The van der Waals surface area contributed by atoms with Gasteiger partial charge < -0.3 is 15.5 Å². The number of amides is 1. The van der Waals surface area contributed by atoms with Crippen LogP contribution in [0.25, 0.3) is 0 Å². The van der Waals surface area contributed by atoms with Crippen LogP contribution >= 0.6 is 11.3 Å². The molecule has 0 bridgehead atoms. The highest BCUT2D eigenvalue weighted by Gasteiger charge is 2.19. The molecule has 0 aliphatic heterocycles. The first-order valence-electron chi connectivity index (χ1n) is 8.17. The van der Waals surface area contributed by atoms with Gasteiger partial charge in [0.2, 0.25) is 0 Å². The first kappa shape index (κ1) is 18.5. The van der Waals surface area contributed by atoms with Gasteiger partial charge in [-0.3, -0.25) is 9.48 Å². The lowest BCUT2D eigenvalue weighted by molar-refractivity contribution is 0.0958. The third-order valence-electron chi connectivity index (χ3n) is 3.75. The summed E-state index contributed by atoms with van der Waals surface area (Å²) < 4.78 is 1.94. The van der Waals surface area contributed by atoms with E-state index in [2.05, 4.69) is 34.5 Å². The number of aryl methyl sites for hydroxylation is 1. The van der Waals surface area contributed by atoms with Crippen molar-refractivity contribution in [2.24, 2.45) is 7.05 Å². The number of carbonyl (C=O) groups excluding carboxylic acids is 1. The molecule has 0 spiro atoms. The van der Waals surface area contributed by atoms with Gasteiger partial charge in [-0.2, -0.15) is 5.10 Å². The minimum atomic E-state index is -0.00923. The number of nitrogens with zero attached hydrogens (tertiary/aromatic N) is 3. The van der Waals surface area contributed by atoms with Gasteiger partial charge in [-0.05, 0) is 17.4 Å². The van der Waals surface area contributed by atoms with Crippen molar-refractivity contribution in [3.8, 4) is 0 Å². The first-order chi connectivity index (χ1) is 11.4. The van der Waals surface area contributed by atoms with Gasteiger partial charge in [0, 0.05) is 46.3 Å². The van der Waals surface area contributed by atoms with Crippen LogP contribution in [-0.2, 0) is 13.6 Å². The summed E-state index contributed by atoms with van der Waals surface area (Å²) in [6.45, 7) is 6.38. The van der Waals surface area contributed by atoms with E-state index in [1.165, 1.54) is 16.9 Å². The van der Waals surface area contributed by atoms with Crippen molar-refractivity contribution in [3.05, 3.63) is 33.6 Å². The van der Waals surface area contributed by atoms with Crippen molar-refractivity contribution in [1.29, 1.82) is 0 Å². The average Bonchev–Trinajstić information content (AvgIpc) is 3.14. The Morgan fingerprint density at radius 1 is 1.38 bits per heavy atom. The highest BCUT2D eigenvalue weighted by Crippen LogP contribution is 2.26. The van der Waals surface area contributed by atoms with Crippen LogP contribution in [0.3, 0.4) is 0 Å². The molecule has 6 nitrogen and oxygen atoms in total. The Balaban J connectivity index is 1.89. The second kappa shape index (κ2) is 8.30. The van der Waals surface area contributed by atoms with Crippen molar-refractivity contribution < 1.29 is 4.79 Å². The van der Waals surface area contributed by atoms with Crippen LogP contribution in [0.15, 0.2) is 17.5 Å². The van der Waals surface area contributed by atoms with E-state index in [-0.39, 0.29) is 5.91 Å². The number of anilines is 1. The van der Waals surface area contributed by atoms with Gasteiger partial charge in [-0.1, -0.05) is 19.9 Å². The summed E-state index contributed by atoms with van der Waals surface area (Å²) in [4.78, 5) is 14.7. The molecule has 0 radical (unpaired) electrons. The number of hydrogen-bond donors (Lipinski definition) is 2. The third-order valence-corrected chi connectivity index (χ3v) is 4.62. The van der Waals surface area contributed by atoms with Crippen molar-refractivity contribution >= 4 is 23.1 Å². The van der Waals surface area contributed by atoms with Crippen LogP contribution in [0.2, 0.25) is 0 Å². The zero-order valence-corrected chi connectivity index (χ0v) is 15.9. The molecule has 7 heteroatoms. The molecule has 2 rings (SSSR count). The summed E-state index contributed by atoms with van der Waals surface area (Å²) in [5.41, 5.74) is 2.35. The molecular formula is C17H27N5OS. The molecule has 0 aromatic carbocycles. The van der Waals surface area contributed by atoms with Crippen molar-refractivity contribution in [2.45, 2.75) is 26.3 Å². The normalized spacial score (nSPS) is 11.1. The van der Waals surface area contributed by atoms with Gasteiger partial charge in [0.1, 0.15) is 5.82 Å². The summed E-state index contributed by atoms with van der Waals surface area (Å²) in [5, 5.41) is 12.9. The highest BCUT2D eigenvalue weighted by atomic mass is 32.1. The van der Waals surface area contributed by atoms with Crippen LogP contribution in [0.5, 0.6) is 0 Å². The fourth-order valence-corrected chi connectivity index (χ4v) is 3.38. The standard InChI is InChI=1S/C17H27N5OS/c1-12(2)15-13(17(21(3)4)22(5)20-15)11-18-8-9-19-16(23)14-7-6-10-24-14/h6-7,10,12,18H,8-9,11H2,1-5H3,(H,19,23). The van der Waals surface area contributed by atoms with Crippen molar-refractivity contribution in [2.75, 3.05) is 32.1 Å². The minimum absolute atomic E-state index is 0.00923. The molecule has 0 aliphatic carbocycles. The predicted molar refractivity (Wildman–Crippen MR) is 100.0 cm³/mol. The Bertz CT molecular complexity index is 661. The van der Waals surface area contributed by atoms with E-state index < -0.39 is 0 Å². The smallest absolute Gasteiger partial charge is 0.261 e. The third kappa shape index (κ3) is 4.36. The van der Waals surface area contributed by atoms with Crippen molar-refractivity contribution in [3.63, 3.8) is 0 Å². The lowest BCUT2D eigenvalue weighted by atomic mass is 10.1. The Labute approximate surface area is 147 Å². The molecule has 0 aliphatic rings. The second-order valence-corrected chi connectivity index (χ2v) is 7.22. The van der Waals surface area contributed by atoms with Gasteiger partial charge in [-0.25, -0.2) is 0 Å². The Kier molecular flexibility index (Phi) is 6.39. The molecule has 0 saturated carbocycles. The highest BCUT2D eigenvalue weighted by molar-refractivity contribution is 7.12. The lowest BCUT2D eigenvalue weighted by Crippen LogP contribution is -2.31. The average molecular weight is 350 g/mol. The number of carbonyl (C=O) groups is 1. The molecule has 0 atom stereocenters. The number of thiophene rings is 1. The summed E-state index contributed by atoms with van der Waals surface area (Å²) in [6.07, 6.45) is 0. The van der Waals surface area contributed by atoms with E-state index in [1.54, 1.807) is 0 Å². The largest absolute Gasteiger partial charge is 0.363 e. The zero-order valence-electron chi connectivity index (χ0n) is 15.1. The van der Waals surface area contributed by atoms with E-state index in [0.717, 1.165) is 29.5 Å². The maximum atomic E-state index is 11.9. The molecule has 1 amide bonds. The zero-order chi connectivity index (χ0) is 17.7. The van der Waals surface area contributed by atoms with E-state index >= 15 is 0 Å². The Morgan fingerprint density at radius 2 is 2.12 bits per heavy atom. The molecule has 2 heterocycles. The van der Waals surface area contributed by atoms with E-state index in [4.69, 9.17) is 0 Å². The SMILES string of the molecule is CC(C)c1nn(C)c(N(C)C)c1CNCCNC(=O)c1cccs1. The van der Waals surface area contributed by atoms with E-state index in [1.807, 2.05) is 43.3 Å². The first-order valence-corrected chi connectivity index (χ1v) is 9.05. The lowest BCUT2D eigenvalue weighted by Gasteiger charge is -2.16. The molecule has 0 unspecified atom stereocenters. The predicted octanol–water partition coefficient (Wildman–Crippen LogP) is 2.19. The van der Waals surface area contributed by atoms with Crippen LogP contribution in [-0.4, -0.2) is 42.9 Å². The van der Waals surface area contributed by atoms with Gasteiger partial charge >= 0.3 is 0 Å². The minimum Gasteiger partial charge on any atom is -0.363 e. The molecule has 0 saturated heterocycles. The van der Waals surface area contributed by atoms with E-state index in [9.17, 15) is 4.79 Å². The van der Waals surface area contributed by atoms with Gasteiger partial charge in [0.25, 0.3) is 5.91 Å². The van der Waals surface area contributed by atoms with Crippen LogP contribution < -0.4 is 15.5 Å². The summed E-state index contributed by atoms with van der Waals surface area (Å²) in [5.74, 6) is 1.49. The molecular weight excluding hydrogens is 322 g/mol. The van der Waals surface area contributed by atoms with E-state index in [0.29, 0.717) is 12.5 Å². The molecule has 2 aromatic rings. The summed E-state index contributed by atoms with van der Waals surface area (Å²) >= 11 is 1.46. The Morgan fingerprint density at radius 3 is 2.71 bits per heavy atom. The summed E-state index contributed by atoms with van der Waals surface area (Å²) in [7, 11) is 6.05. The molecule has 0 fully saturated rings.